The van der Waals surface area contributed by atoms with Gasteiger partial charge in [0.05, 0.1) is 5.56 Å². The molecule has 1 amide bonds. The minimum Gasteiger partial charge on any atom is -0.452 e. The van der Waals surface area contributed by atoms with E-state index in [1.54, 1.807) is 23.9 Å². The molecular formula is C21H25NO3S. The smallest absolute Gasteiger partial charge is 0.339 e. The number of aryl methyl sites for hydroxylation is 2. The highest BCUT2D eigenvalue weighted by atomic mass is 32.2. The topological polar surface area (TPSA) is 55.4 Å². The quantitative estimate of drug-likeness (QED) is 0.539. The van der Waals surface area contributed by atoms with Gasteiger partial charge >= 0.3 is 5.97 Å². The highest BCUT2D eigenvalue weighted by Gasteiger charge is 2.15. The lowest BCUT2D eigenvalue weighted by Crippen LogP contribution is -2.22. The molecule has 0 spiro atoms. The summed E-state index contributed by atoms with van der Waals surface area (Å²) < 4.78 is 5.23. The van der Waals surface area contributed by atoms with E-state index in [0.717, 1.165) is 40.3 Å². The molecule has 5 heteroatoms. The first-order chi connectivity index (χ1) is 12.6. The number of rotatable bonds is 8. The fraction of sp³-hybridized carbons (Fsp3) is 0.333. The summed E-state index contributed by atoms with van der Waals surface area (Å²) in [5, 5.41) is 2.91. The predicted molar refractivity (Wildman–Crippen MR) is 107 cm³/mol. The Balaban J connectivity index is 2.03. The van der Waals surface area contributed by atoms with Crippen molar-refractivity contribution in [1.82, 2.24) is 0 Å². The number of carbonyl (C=O) groups is 2. The van der Waals surface area contributed by atoms with Crippen molar-refractivity contribution in [2.24, 2.45) is 0 Å². The Labute approximate surface area is 159 Å². The van der Waals surface area contributed by atoms with Gasteiger partial charge in [-0.05, 0) is 41.9 Å². The van der Waals surface area contributed by atoms with Crippen LogP contribution in [-0.4, -0.2) is 24.2 Å². The number of ether oxygens (including phenoxy) is 1. The monoisotopic (exact) mass is 371 g/mol. The number of para-hydroxylation sites is 1. The molecule has 0 aliphatic carbocycles. The van der Waals surface area contributed by atoms with E-state index in [4.69, 9.17) is 4.74 Å². The van der Waals surface area contributed by atoms with E-state index in [9.17, 15) is 9.59 Å². The number of amides is 1. The largest absolute Gasteiger partial charge is 0.452 e. The van der Waals surface area contributed by atoms with Gasteiger partial charge in [-0.3, -0.25) is 4.79 Å². The van der Waals surface area contributed by atoms with Gasteiger partial charge in [-0.15, -0.1) is 11.8 Å². The van der Waals surface area contributed by atoms with Crippen molar-refractivity contribution in [3.63, 3.8) is 0 Å². The lowest BCUT2D eigenvalue weighted by molar-refractivity contribution is -0.119. The van der Waals surface area contributed by atoms with Gasteiger partial charge in [0.25, 0.3) is 5.91 Å². The Morgan fingerprint density at radius 2 is 1.62 bits per heavy atom. The second-order valence-corrected chi connectivity index (χ2v) is 7.02. The van der Waals surface area contributed by atoms with Crippen LogP contribution in [0.5, 0.6) is 0 Å². The van der Waals surface area contributed by atoms with Crippen molar-refractivity contribution in [2.75, 3.05) is 17.7 Å². The second kappa shape index (κ2) is 10.0. The lowest BCUT2D eigenvalue weighted by Gasteiger charge is -2.14. The molecule has 0 bridgehead atoms. The number of esters is 1. The summed E-state index contributed by atoms with van der Waals surface area (Å²) in [5.74, 6) is 0.0593. The van der Waals surface area contributed by atoms with Gasteiger partial charge < -0.3 is 10.1 Å². The van der Waals surface area contributed by atoms with Crippen LogP contribution in [0.2, 0.25) is 0 Å². The molecule has 0 fully saturated rings. The Morgan fingerprint density at radius 3 is 2.23 bits per heavy atom. The van der Waals surface area contributed by atoms with Gasteiger partial charge in [0.2, 0.25) is 0 Å². The van der Waals surface area contributed by atoms with E-state index >= 15 is 0 Å². The van der Waals surface area contributed by atoms with Crippen LogP contribution in [0, 0.1) is 0 Å². The Hall–Kier alpha value is -2.27. The van der Waals surface area contributed by atoms with Gasteiger partial charge in [-0.25, -0.2) is 4.79 Å². The van der Waals surface area contributed by atoms with E-state index in [1.807, 2.05) is 51.1 Å². The van der Waals surface area contributed by atoms with E-state index in [-0.39, 0.29) is 12.5 Å². The van der Waals surface area contributed by atoms with Crippen LogP contribution in [-0.2, 0) is 22.4 Å². The van der Waals surface area contributed by atoms with Crippen molar-refractivity contribution in [1.29, 1.82) is 0 Å². The minimum atomic E-state index is -0.476. The normalized spacial score (nSPS) is 10.4. The number of hydrogen-bond donors (Lipinski definition) is 1. The Morgan fingerprint density at radius 1 is 0.962 bits per heavy atom. The molecule has 1 N–H and O–H groups in total. The van der Waals surface area contributed by atoms with E-state index in [2.05, 4.69) is 5.32 Å². The zero-order chi connectivity index (χ0) is 18.9. The van der Waals surface area contributed by atoms with Crippen LogP contribution < -0.4 is 5.32 Å². The molecule has 0 unspecified atom stereocenters. The average Bonchev–Trinajstić information content (AvgIpc) is 2.67. The van der Waals surface area contributed by atoms with Gasteiger partial charge in [0, 0.05) is 10.6 Å². The van der Waals surface area contributed by atoms with E-state index < -0.39 is 5.97 Å². The molecule has 2 aromatic rings. The zero-order valence-electron chi connectivity index (χ0n) is 15.5. The third-order valence-corrected chi connectivity index (χ3v) is 4.96. The summed E-state index contributed by atoms with van der Waals surface area (Å²) in [5.41, 5.74) is 3.48. The third kappa shape index (κ3) is 5.11. The van der Waals surface area contributed by atoms with Crippen LogP contribution in [0.4, 0.5) is 5.69 Å². The van der Waals surface area contributed by atoms with Crippen LogP contribution >= 0.6 is 11.8 Å². The summed E-state index contributed by atoms with van der Waals surface area (Å²) >= 11 is 1.58. The molecule has 0 radical (unpaired) electrons. The molecular weight excluding hydrogens is 346 g/mol. The molecule has 0 heterocycles. The van der Waals surface area contributed by atoms with Crippen molar-refractivity contribution < 1.29 is 14.3 Å². The zero-order valence-corrected chi connectivity index (χ0v) is 16.3. The first kappa shape index (κ1) is 20.0. The standard InChI is InChI=1S/C21H25NO3S/c1-4-15-10-9-11-16(5-2)20(15)22-19(23)14-25-21(24)17-12-7-8-13-18(17)26-6-3/h7-13H,4-6,14H2,1-3H3,(H,22,23). The maximum absolute atomic E-state index is 12.3. The minimum absolute atomic E-state index is 0.300. The molecule has 0 aliphatic heterocycles. The van der Waals surface area contributed by atoms with Crippen LogP contribution in [0.3, 0.4) is 0 Å². The first-order valence-electron chi connectivity index (χ1n) is 8.90. The van der Waals surface area contributed by atoms with Gasteiger partial charge in [0.1, 0.15) is 0 Å². The second-order valence-electron chi connectivity index (χ2n) is 5.71. The van der Waals surface area contributed by atoms with Crippen molar-refractivity contribution in [2.45, 2.75) is 38.5 Å². The Kier molecular flexibility index (Phi) is 7.73. The lowest BCUT2D eigenvalue weighted by atomic mass is 10.0. The maximum Gasteiger partial charge on any atom is 0.339 e. The van der Waals surface area contributed by atoms with Gasteiger partial charge in [-0.2, -0.15) is 0 Å². The molecule has 0 aromatic heterocycles. The summed E-state index contributed by atoms with van der Waals surface area (Å²) in [6.07, 6.45) is 1.65. The number of anilines is 1. The molecule has 4 nitrogen and oxygen atoms in total. The summed E-state index contributed by atoms with van der Waals surface area (Å²) in [6.45, 7) is 5.82. The SMILES string of the molecule is CCSc1ccccc1C(=O)OCC(=O)Nc1c(CC)cccc1CC. The maximum atomic E-state index is 12.3. The molecule has 0 saturated carbocycles. The third-order valence-electron chi connectivity index (χ3n) is 4.00. The van der Waals surface area contributed by atoms with Crippen LogP contribution in [0.25, 0.3) is 0 Å². The van der Waals surface area contributed by atoms with E-state index in [0.29, 0.717) is 5.56 Å². The highest BCUT2D eigenvalue weighted by molar-refractivity contribution is 7.99. The molecule has 2 aromatic carbocycles. The van der Waals surface area contributed by atoms with Crippen molar-refractivity contribution in [3.8, 4) is 0 Å². The molecule has 138 valence electrons. The summed E-state index contributed by atoms with van der Waals surface area (Å²) in [7, 11) is 0. The summed E-state index contributed by atoms with van der Waals surface area (Å²) in [6, 6.07) is 13.3. The van der Waals surface area contributed by atoms with Crippen molar-refractivity contribution >= 4 is 29.3 Å². The van der Waals surface area contributed by atoms with Crippen molar-refractivity contribution in [3.05, 3.63) is 59.2 Å². The fourth-order valence-electron chi connectivity index (χ4n) is 2.70. The first-order valence-corrected chi connectivity index (χ1v) is 9.88. The molecule has 2 rings (SSSR count). The number of benzene rings is 2. The van der Waals surface area contributed by atoms with Crippen LogP contribution in [0.15, 0.2) is 47.4 Å². The number of hydrogen-bond acceptors (Lipinski definition) is 4. The molecule has 0 saturated heterocycles. The molecule has 26 heavy (non-hydrogen) atoms. The average molecular weight is 372 g/mol. The van der Waals surface area contributed by atoms with Gasteiger partial charge in [-0.1, -0.05) is 51.1 Å². The number of carbonyl (C=O) groups excluding carboxylic acids is 2. The fourth-order valence-corrected chi connectivity index (χ4v) is 3.50. The highest BCUT2D eigenvalue weighted by Crippen LogP contribution is 2.24. The Bertz CT molecular complexity index is 751. The number of thioether (sulfide) groups is 1. The number of nitrogens with one attached hydrogen (secondary N) is 1. The van der Waals surface area contributed by atoms with Gasteiger partial charge in [0.15, 0.2) is 6.61 Å². The predicted octanol–water partition coefficient (Wildman–Crippen LogP) is 4.72. The van der Waals surface area contributed by atoms with Crippen LogP contribution in [0.1, 0.15) is 42.3 Å². The van der Waals surface area contributed by atoms with E-state index in [1.165, 1.54) is 0 Å². The molecule has 0 aliphatic rings. The molecule has 0 atom stereocenters. The summed E-state index contributed by atoms with van der Waals surface area (Å²) in [4.78, 5) is 25.5.